The van der Waals surface area contributed by atoms with Crippen LogP contribution in [0.5, 0.6) is 0 Å². The zero-order valence-electron chi connectivity index (χ0n) is 12.1. The Morgan fingerprint density at radius 2 is 2.35 bits per heavy atom. The first-order chi connectivity index (χ1) is 9.69. The molecule has 1 saturated carbocycles. The number of nitrogens with zero attached hydrogens (tertiary/aromatic N) is 1. The van der Waals surface area contributed by atoms with Gasteiger partial charge in [0.2, 0.25) is 5.91 Å². The number of nitriles is 1. The molecule has 0 aromatic rings. The van der Waals surface area contributed by atoms with Gasteiger partial charge in [0, 0.05) is 12.5 Å². The molecule has 2 aliphatic rings. The molecule has 1 N–H and O–H groups in total. The Morgan fingerprint density at radius 1 is 1.50 bits per heavy atom. The maximum atomic E-state index is 11.9. The van der Waals surface area contributed by atoms with Crippen molar-refractivity contribution in [3.8, 4) is 6.07 Å². The van der Waals surface area contributed by atoms with Gasteiger partial charge >= 0.3 is 0 Å². The fraction of sp³-hybridized carbons (Fsp3) is 0.867. The molecule has 2 fully saturated rings. The van der Waals surface area contributed by atoms with Crippen LogP contribution in [0.3, 0.4) is 0 Å². The Kier molecular flexibility index (Phi) is 5.81. The second-order valence-corrected chi connectivity index (χ2v) is 6.00. The second-order valence-electron chi connectivity index (χ2n) is 6.00. The van der Waals surface area contributed by atoms with Crippen molar-refractivity contribution >= 4 is 5.91 Å². The largest absolute Gasteiger partial charge is 0.381 e. The highest BCUT2D eigenvalue weighted by Gasteiger charge is 2.27. The van der Waals surface area contributed by atoms with Crippen molar-refractivity contribution in [2.45, 2.75) is 51.2 Å². The van der Waals surface area contributed by atoms with Crippen LogP contribution >= 0.6 is 0 Å². The summed E-state index contributed by atoms with van der Waals surface area (Å²) in [4.78, 5) is 11.9. The van der Waals surface area contributed by atoms with Gasteiger partial charge in [-0.3, -0.25) is 4.79 Å². The first-order valence-corrected chi connectivity index (χ1v) is 7.57. The molecule has 1 aliphatic heterocycles. The topological polar surface area (TPSA) is 71.3 Å². The van der Waals surface area contributed by atoms with Crippen molar-refractivity contribution < 1.29 is 14.3 Å². The summed E-state index contributed by atoms with van der Waals surface area (Å²) in [5, 5.41) is 11.9. The molecule has 4 atom stereocenters. The van der Waals surface area contributed by atoms with Crippen LogP contribution in [0, 0.1) is 23.2 Å². The molecule has 1 aliphatic carbocycles. The smallest absolute Gasteiger partial charge is 0.247 e. The summed E-state index contributed by atoms with van der Waals surface area (Å²) in [6.07, 6.45) is 5.53. The molecule has 1 amide bonds. The van der Waals surface area contributed by atoms with E-state index in [1.807, 2.05) is 0 Å². The summed E-state index contributed by atoms with van der Waals surface area (Å²) in [5.74, 6) is 0.597. The lowest BCUT2D eigenvalue weighted by molar-refractivity contribution is -0.129. The van der Waals surface area contributed by atoms with E-state index in [0.717, 1.165) is 19.3 Å². The van der Waals surface area contributed by atoms with E-state index in [0.29, 0.717) is 19.1 Å². The number of carbonyl (C=O) groups excluding carboxylic acids is 1. The summed E-state index contributed by atoms with van der Waals surface area (Å²) < 4.78 is 10.9. The van der Waals surface area contributed by atoms with Gasteiger partial charge in [0.05, 0.1) is 18.8 Å². The van der Waals surface area contributed by atoms with Crippen molar-refractivity contribution in [1.29, 1.82) is 5.26 Å². The van der Waals surface area contributed by atoms with E-state index in [1.165, 1.54) is 12.8 Å². The Hall–Kier alpha value is -1.12. The number of ether oxygens (including phenoxy) is 2. The van der Waals surface area contributed by atoms with Crippen molar-refractivity contribution in [3.05, 3.63) is 0 Å². The van der Waals surface area contributed by atoms with Gasteiger partial charge in [-0.15, -0.1) is 0 Å². The zero-order valence-corrected chi connectivity index (χ0v) is 12.1. The molecule has 112 valence electrons. The molecule has 0 aromatic carbocycles. The highest BCUT2D eigenvalue weighted by Crippen LogP contribution is 2.25. The maximum absolute atomic E-state index is 11.9. The minimum atomic E-state index is -0.459. The Balaban J connectivity index is 1.70. The molecule has 0 aromatic heterocycles. The highest BCUT2D eigenvalue weighted by molar-refractivity contribution is 5.77. The predicted octanol–water partition coefficient (Wildman–Crippen LogP) is 1.63. The lowest BCUT2D eigenvalue weighted by Crippen LogP contribution is -2.42. The lowest BCUT2D eigenvalue weighted by atomic mass is 9.89. The van der Waals surface area contributed by atoms with Gasteiger partial charge in [-0.2, -0.15) is 5.26 Å². The summed E-state index contributed by atoms with van der Waals surface area (Å²) >= 11 is 0. The summed E-state index contributed by atoms with van der Waals surface area (Å²) in [6.45, 7) is 3.51. The molecule has 0 radical (unpaired) electrons. The molecule has 5 heteroatoms. The lowest BCUT2D eigenvalue weighted by Gasteiger charge is -2.26. The fourth-order valence-corrected chi connectivity index (χ4v) is 3.01. The van der Waals surface area contributed by atoms with Crippen molar-refractivity contribution in [1.82, 2.24) is 5.32 Å². The van der Waals surface area contributed by atoms with E-state index < -0.39 is 6.04 Å². The third kappa shape index (κ3) is 4.46. The zero-order chi connectivity index (χ0) is 14.4. The SMILES string of the molecule is C[C@@H]1CCC[C@H](OCC(=O)N[C@H](C#N)[C@H]2CCOC2)C1. The standard InChI is InChI=1S/C15H24N2O3/c1-11-3-2-4-13(7-11)20-10-15(18)17-14(8-16)12-5-6-19-9-12/h11-14H,2-7,9-10H2,1H3,(H,17,18)/t11-,12+,13+,14-/m1/s1. The van der Waals surface area contributed by atoms with Crippen LogP contribution in [-0.2, 0) is 14.3 Å². The summed E-state index contributed by atoms with van der Waals surface area (Å²) in [7, 11) is 0. The molecule has 5 nitrogen and oxygen atoms in total. The van der Waals surface area contributed by atoms with Crippen molar-refractivity contribution in [2.24, 2.45) is 11.8 Å². The van der Waals surface area contributed by atoms with E-state index in [2.05, 4.69) is 18.3 Å². The van der Waals surface area contributed by atoms with E-state index in [4.69, 9.17) is 14.7 Å². The van der Waals surface area contributed by atoms with Gasteiger partial charge in [-0.25, -0.2) is 0 Å². The molecule has 2 rings (SSSR count). The quantitative estimate of drug-likeness (QED) is 0.831. The monoisotopic (exact) mass is 280 g/mol. The second kappa shape index (κ2) is 7.61. The number of hydrogen-bond acceptors (Lipinski definition) is 4. The molecule has 0 bridgehead atoms. The number of nitrogens with one attached hydrogen (secondary N) is 1. The van der Waals surface area contributed by atoms with Gasteiger partial charge in [-0.05, 0) is 25.2 Å². The minimum absolute atomic E-state index is 0.0587. The van der Waals surface area contributed by atoms with Crippen molar-refractivity contribution in [2.75, 3.05) is 19.8 Å². The Bertz CT molecular complexity index is 361. The molecular formula is C15H24N2O3. The molecule has 0 unspecified atom stereocenters. The third-order valence-corrected chi connectivity index (χ3v) is 4.23. The highest BCUT2D eigenvalue weighted by atomic mass is 16.5. The van der Waals surface area contributed by atoms with Gasteiger partial charge in [0.25, 0.3) is 0 Å². The summed E-state index contributed by atoms with van der Waals surface area (Å²) in [6, 6.07) is 1.69. The average molecular weight is 280 g/mol. The van der Waals surface area contributed by atoms with Crippen LogP contribution in [0.4, 0.5) is 0 Å². The predicted molar refractivity (Wildman–Crippen MR) is 73.8 cm³/mol. The first-order valence-electron chi connectivity index (χ1n) is 7.57. The van der Waals surface area contributed by atoms with Crippen LogP contribution in [0.25, 0.3) is 0 Å². The average Bonchev–Trinajstić information content (AvgIpc) is 2.96. The molecule has 1 heterocycles. The van der Waals surface area contributed by atoms with Gasteiger partial charge in [-0.1, -0.05) is 19.8 Å². The van der Waals surface area contributed by atoms with E-state index in [9.17, 15) is 4.79 Å². The van der Waals surface area contributed by atoms with Gasteiger partial charge in [0.1, 0.15) is 12.6 Å². The Morgan fingerprint density at radius 3 is 3.00 bits per heavy atom. The van der Waals surface area contributed by atoms with Crippen molar-refractivity contribution in [3.63, 3.8) is 0 Å². The minimum Gasteiger partial charge on any atom is -0.381 e. The van der Waals surface area contributed by atoms with Crippen LogP contribution < -0.4 is 5.32 Å². The van der Waals surface area contributed by atoms with E-state index in [-0.39, 0.29) is 24.5 Å². The van der Waals surface area contributed by atoms with Crippen LogP contribution in [0.15, 0.2) is 0 Å². The third-order valence-electron chi connectivity index (χ3n) is 4.23. The fourth-order valence-electron chi connectivity index (χ4n) is 3.01. The van der Waals surface area contributed by atoms with Crippen LogP contribution in [-0.4, -0.2) is 37.9 Å². The normalized spacial score (nSPS) is 31.5. The Labute approximate surface area is 120 Å². The first kappa shape index (κ1) is 15.3. The molecular weight excluding hydrogens is 256 g/mol. The maximum Gasteiger partial charge on any atom is 0.247 e. The summed E-state index contributed by atoms with van der Waals surface area (Å²) in [5.41, 5.74) is 0. The van der Waals surface area contributed by atoms with Gasteiger partial charge < -0.3 is 14.8 Å². The van der Waals surface area contributed by atoms with E-state index in [1.54, 1.807) is 0 Å². The molecule has 20 heavy (non-hydrogen) atoms. The van der Waals surface area contributed by atoms with Gasteiger partial charge in [0.15, 0.2) is 0 Å². The molecule has 0 spiro atoms. The van der Waals surface area contributed by atoms with Crippen LogP contribution in [0.2, 0.25) is 0 Å². The molecule has 1 saturated heterocycles. The number of carbonyl (C=O) groups is 1. The number of rotatable bonds is 5. The number of hydrogen-bond donors (Lipinski definition) is 1. The van der Waals surface area contributed by atoms with Crippen LogP contribution in [0.1, 0.15) is 39.0 Å². The van der Waals surface area contributed by atoms with E-state index >= 15 is 0 Å². The number of amides is 1.